The van der Waals surface area contributed by atoms with Crippen molar-refractivity contribution < 1.29 is 57.2 Å². The standard InChI is InChI=1S/C21H34O4.2C20H32O4/c1-4-14(3)19(22)24-18-13-15-11-16(18)17(12-15)20(23)25-21(5-2)9-7-6-8-10-21;1-5-19(2,3)18(22)23-16-12-13-10-14(16)15(11-13)17(21)24-20(4)8-6-7-9-20;1-4-13(2)18(21)23-17-12-14-10-15(17)16(11-14)19(22)24-20(3)8-6-5-7-9-20/h14-18H,4-13H2,1-3H3;13-16H,5-12H2,1-4H3;13-17H,4-12H2,1-3H3. The van der Waals surface area contributed by atoms with Crippen molar-refractivity contribution in [3.8, 4) is 0 Å². The van der Waals surface area contributed by atoms with Gasteiger partial charge in [-0.05, 0) is 206 Å². The zero-order valence-electron chi connectivity index (χ0n) is 47.1. The molecule has 0 aromatic heterocycles. The van der Waals surface area contributed by atoms with Crippen molar-refractivity contribution in [2.75, 3.05) is 0 Å². The van der Waals surface area contributed by atoms with Gasteiger partial charge in [0.25, 0.3) is 0 Å². The van der Waals surface area contributed by atoms with E-state index in [0.29, 0.717) is 17.8 Å². The molecular formula is C61H98O12. The van der Waals surface area contributed by atoms with Gasteiger partial charge in [0.1, 0.15) is 35.1 Å². The van der Waals surface area contributed by atoms with Crippen LogP contribution >= 0.6 is 0 Å². The Morgan fingerprint density at radius 3 is 1.15 bits per heavy atom. The largest absolute Gasteiger partial charge is 0.462 e. The van der Waals surface area contributed by atoms with Crippen molar-refractivity contribution in [1.29, 1.82) is 0 Å². The van der Waals surface area contributed by atoms with Gasteiger partial charge in [-0.2, -0.15) is 0 Å². The van der Waals surface area contributed by atoms with Gasteiger partial charge in [0.2, 0.25) is 0 Å². The highest BCUT2D eigenvalue weighted by atomic mass is 16.6. The van der Waals surface area contributed by atoms with Gasteiger partial charge in [-0.3, -0.25) is 28.8 Å². The van der Waals surface area contributed by atoms with Crippen LogP contribution < -0.4 is 0 Å². The van der Waals surface area contributed by atoms with Crippen LogP contribution in [0.3, 0.4) is 0 Å². The fourth-order valence-electron chi connectivity index (χ4n) is 14.7. The topological polar surface area (TPSA) is 158 Å². The third-order valence-corrected chi connectivity index (χ3v) is 20.4. The lowest BCUT2D eigenvalue weighted by molar-refractivity contribution is -0.176. The minimum absolute atomic E-state index is 0.0273. The van der Waals surface area contributed by atoms with Gasteiger partial charge in [0.15, 0.2) is 0 Å². The van der Waals surface area contributed by atoms with E-state index in [2.05, 4.69) is 20.8 Å². The molecule has 12 nitrogen and oxygen atoms in total. The number of hydrogen-bond donors (Lipinski definition) is 0. The molecule has 0 spiro atoms. The number of hydrogen-bond acceptors (Lipinski definition) is 12. The molecule has 0 radical (unpaired) electrons. The second-order valence-electron chi connectivity index (χ2n) is 26.3. The fraction of sp³-hybridized carbons (Fsp3) is 0.902. The first-order valence-corrected chi connectivity index (χ1v) is 29.9. The van der Waals surface area contributed by atoms with Gasteiger partial charge in [0.05, 0.1) is 35.0 Å². The summed E-state index contributed by atoms with van der Waals surface area (Å²) in [6, 6.07) is 0. The molecule has 0 saturated heterocycles. The maximum Gasteiger partial charge on any atom is 0.311 e. The number of ether oxygens (including phenoxy) is 6. The number of rotatable bonds is 16. The third kappa shape index (κ3) is 13.9. The molecule has 9 fully saturated rings. The molecular weight excluding hydrogens is 925 g/mol. The smallest absolute Gasteiger partial charge is 0.311 e. The van der Waals surface area contributed by atoms with Gasteiger partial charge >= 0.3 is 35.8 Å². The first-order chi connectivity index (χ1) is 34.6. The highest BCUT2D eigenvalue weighted by Crippen LogP contribution is 2.54. The maximum absolute atomic E-state index is 12.9. The van der Waals surface area contributed by atoms with E-state index >= 15 is 0 Å². The molecule has 12 heteroatoms. The number of carbonyl (C=O) groups excluding carboxylic acids is 6. The molecule has 0 N–H and O–H groups in total. The van der Waals surface area contributed by atoms with Crippen LogP contribution in [0.25, 0.3) is 0 Å². The minimum Gasteiger partial charge on any atom is -0.462 e. The van der Waals surface area contributed by atoms with Gasteiger partial charge in [-0.25, -0.2) is 0 Å². The number of esters is 6. The summed E-state index contributed by atoms with van der Waals surface area (Å²) in [4.78, 5) is 75.1. The van der Waals surface area contributed by atoms with Crippen LogP contribution in [-0.4, -0.2) is 70.9 Å². The summed E-state index contributed by atoms with van der Waals surface area (Å²) in [7, 11) is 0. The summed E-state index contributed by atoms with van der Waals surface area (Å²) in [6.07, 6.45) is 26.8. The maximum atomic E-state index is 12.9. The highest BCUT2D eigenvalue weighted by molar-refractivity contribution is 5.78. The average molecular weight is 1020 g/mol. The van der Waals surface area contributed by atoms with E-state index < -0.39 is 5.41 Å². The molecule has 9 saturated carbocycles. The predicted octanol–water partition coefficient (Wildman–Crippen LogP) is 13.2. The second-order valence-corrected chi connectivity index (χ2v) is 26.3. The van der Waals surface area contributed by atoms with E-state index in [1.165, 1.54) is 12.8 Å². The van der Waals surface area contributed by atoms with Crippen LogP contribution in [0.15, 0.2) is 0 Å². The lowest BCUT2D eigenvalue weighted by Gasteiger charge is -2.38. The van der Waals surface area contributed by atoms with E-state index in [4.69, 9.17) is 28.4 Å². The van der Waals surface area contributed by atoms with Crippen LogP contribution in [0.2, 0.25) is 0 Å². The van der Waals surface area contributed by atoms with Crippen LogP contribution in [0, 0.1) is 70.5 Å². The van der Waals surface area contributed by atoms with Crippen molar-refractivity contribution >= 4 is 35.8 Å². The van der Waals surface area contributed by atoms with E-state index in [1.54, 1.807) is 0 Å². The van der Waals surface area contributed by atoms with Gasteiger partial charge < -0.3 is 28.4 Å². The second kappa shape index (κ2) is 24.4. The Hall–Kier alpha value is -3.18. The molecule has 414 valence electrons. The average Bonchev–Trinajstić information content (AvgIpc) is 4.27. The van der Waals surface area contributed by atoms with Crippen molar-refractivity contribution in [3.05, 3.63) is 0 Å². The Bertz CT molecular complexity index is 1910. The minimum atomic E-state index is -0.449. The van der Waals surface area contributed by atoms with Crippen molar-refractivity contribution in [1.82, 2.24) is 0 Å². The summed E-state index contributed by atoms with van der Waals surface area (Å²) in [5, 5.41) is 0. The molecule has 0 amide bonds. The Morgan fingerprint density at radius 2 is 0.808 bits per heavy atom. The Balaban J connectivity index is 0.000000160. The summed E-state index contributed by atoms with van der Waals surface area (Å²) in [5.74, 6) is 1.22. The van der Waals surface area contributed by atoms with Crippen LogP contribution in [0.1, 0.15) is 243 Å². The molecule has 14 unspecified atom stereocenters. The first kappa shape index (κ1) is 57.5. The van der Waals surface area contributed by atoms with E-state index in [1.807, 2.05) is 48.5 Å². The number of carbonyl (C=O) groups is 6. The van der Waals surface area contributed by atoms with Gasteiger partial charge in [-0.1, -0.05) is 54.4 Å². The summed E-state index contributed by atoms with van der Waals surface area (Å²) >= 11 is 0. The Labute approximate surface area is 439 Å². The molecule has 0 aromatic carbocycles. The molecule has 6 bridgehead atoms. The first-order valence-electron chi connectivity index (χ1n) is 29.9. The molecule has 0 heterocycles. The Kier molecular flexibility index (Phi) is 19.3. The molecule has 0 aromatic rings. The highest BCUT2D eigenvalue weighted by Gasteiger charge is 2.55. The monoisotopic (exact) mass is 1020 g/mol. The Morgan fingerprint density at radius 1 is 0.466 bits per heavy atom. The lowest BCUT2D eigenvalue weighted by atomic mass is 9.82. The zero-order chi connectivity index (χ0) is 52.9. The molecule has 73 heavy (non-hydrogen) atoms. The third-order valence-electron chi connectivity index (χ3n) is 20.4. The van der Waals surface area contributed by atoms with Gasteiger partial charge in [0, 0.05) is 17.8 Å². The summed E-state index contributed by atoms with van der Waals surface area (Å²) in [5.41, 5.74) is -1.23. The predicted molar refractivity (Wildman–Crippen MR) is 278 cm³/mol. The van der Waals surface area contributed by atoms with Crippen LogP contribution in [0.4, 0.5) is 0 Å². The van der Waals surface area contributed by atoms with Crippen molar-refractivity contribution in [2.45, 2.75) is 278 Å². The van der Waals surface area contributed by atoms with E-state index in [-0.39, 0.29) is 118 Å². The quantitative estimate of drug-likeness (QED) is 0.107. The van der Waals surface area contributed by atoms with E-state index in [0.717, 1.165) is 161 Å². The number of fused-ring (bicyclic) bond motifs is 6. The summed E-state index contributed by atoms with van der Waals surface area (Å²) in [6.45, 7) is 20.0. The lowest BCUT2D eigenvalue weighted by Crippen LogP contribution is -2.41. The van der Waals surface area contributed by atoms with Gasteiger partial charge in [-0.15, -0.1) is 0 Å². The molecule has 14 atom stereocenters. The zero-order valence-corrected chi connectivity index (χ0v) is 47.1. The van der Waals surface area contributed by atoms with Crippen molar-refractivity contribution in [3.63, 3.8) is 0 Å². The SMILES string of the molecule is CCC(C)(C)C(=O)OC1CC2CC(C(=O)OC3(C)CCCC3)C1C2.CCC(C)C(=O)OC1CC2CC(C(=O)OC3(C)CCCCC3)C1C2.CCC(C)C(=O)OC1CC2CC(C(=O)OC3(CC)CCCCC3)C1C2. The molecule has 0 aliphatic heterocycles. The van der Waals surface area contributed by atoms with E-state index in [9.17, 15) is 28.8 Å². The summed E-state index contributed by atoms with van der Waals surface area (Å²) < 4.78 is 35.3. The fourth-order valence-corrected chi connectivity index (χ4v) is 14.7. The molecule has 9 aliphatic carbocycles. The molecule has 9 rings (SSSR count). The van der Waals surface area contributed by atoms with Crippen LogP contribution in [-0.2, 0) is 57.2 Å². The molecule has 9 aliphatic rings. The van der Waals surface area contributed by atoms with Crippen molar-refractivity contribution in [2.24, 2.45) is 70.5 Å². The normalized spacial score (nSPS) is 34.8. The van der Waals surface area contributed by atoms with Crippen LogP contribution in [0.5, 0.6) is 0 Å².